The van der Waals surface area contributed by atoms with Crippen LogP contribution in [0.1, 0.15) is 11.1 Å². The van der Waals surface area contributed by atoms with Gasteiger partial charge in [-0.05, 0) is 29.3 Å². The minimum Gasteiger partial charge on any atom is -0.408 e. The van der Waals surface area contributed by atoms with Crippen LogP contribution in [-0.2, 0) is 27.8 Å². The summed E-state index contributed by atoms with van der Waals surface area (Å²) in [5.41, 5.74) is 3.01. The first kappa shape index (κ1) is 17.0. The number of hydrogen-bond acceptors (Lipinski definition) is 5. The average Bonchev–Trinajstić information content (AvgIpc) is 3.00. The van der Waals surface area contributed by atoms with Gasteiger partial charge in [0.1, 0.15) is 0 Å². The molecule has 0 amide bonds. The summed E-state index contributed by atoms with van der Waals surface area (Å²) in [5.74, 6) is -0.614. The van der Waals surface area contributed by atoms with E-state index in [1.165, 1.54) is 35.1 Å². The van der Waals surface area contributed by atoms with Gasteiger partial charge >= 0.3 is 5.76 Å². The van der Waals surface area contributed by atoms with Gasteiger partial charge in [0.05, 0.1) is 23.1 Å². The van der Waals surface area contributed by atoms with E-state index in [2.05, 4.69) is 4.98 Å². The number of nitrogens with one attached hydrogen (secondary N) is 1. The van der Waals surface area contributed by atoms with Crippen LogP contribution >= 0.6 is 0 Å². The average molecular weight is 374 g/mol. The summed E-state index contributed by atoms with van der Waals surface area (Å²) in [4.78, 5) is 13.8. The molecule has 1 aromatic heterocycles. The van der Waals surface area contributed by atoms with Gasteiger partial charge in [-0.1, -0.05) is 24.3 Å². The number of hydrogen-bond donors (Lipinski definition) is 1. The molecule has 136 valence electrons. The van der Waals surface area contributed by atoms with Crippen molar-refractivity contribution in [3.8, 4) is 0 Å². The zero-order chi connectivity index (χ0) is 18.3. The van der Waals surface area contributed by atoms with Gasteiger partial charge in [0, 0.05) is 20.0 Å². The van der Waals surface area contributed by atoms with E-state index in [9.17, 15) is 13.2 Å². The summed E-state index contributed by atoms with van der Waals surface area (Å²) in [6.07, 6.45) is 0.464. The molecular formula is C18H18N2O5S. The minimum absolute atomic E-state index is 0.0979. The second-order valence-electron chi connectivity index (χ2n) is 6.36. The standard InChI is InChI=1S/C18H18N2O5S/c1-20(10-14-8-12-4-2-3-5-13(12)11-24-14)26(22,23)15-6-7-17-16(9-15)19-18(21)25-17/h2-7,9,14H,8,10-11H2,1H3,(H,19,21). The highest BCUT2D eigenvalue weighted by Gasteiger charge is 2.27. The number of oxazole rings is 1. The van der Waals surface area contributed by atoms with Crippen LogP contribution in [-0.4, -0.2) is 37.4 Å². The zero-order valence-electron chi connectivity index (χ0n) is 14.1. The fraction of sp³-hybridized carbons (Fsp3) is 0.278. The Morgan fingerprint density at radius 2 is 1.96 bits per heavy atom. The third-order valence-electron chi connectivity index (χ3n) is 4.60. The fourth-order valence-corrected chi connectivity index (χ4v) is 4.41. The molecule has 1 N–H and O–H groups in total. The largest absolute Gasteiger partial charge is 0.417 e. The maximum Gasteiger partial charge on any atom is 0.417 e. The molecule has 26 heavy (non-hydrogen) atoms. The van der Waals surface area contributed by atoms with Crippen LogP contribution in [0.25, 0.3) is 11.1 Å². The first-order valence-electron chi connectivity index (χ1n) is 8.21. The Hall–Kier alpha value is -2.42. The van der Waals surface area contributed by atoms with E-state index in [4.69, 9.17) is 9.15 Å². The molecule has 1 atom stereocenters. The second-order valence-corrected chi connectivity index (χ2v) is 8.41. The Bertz CT molecular complexity index is 1120. The molecule has 8 heteroatoms. The Labute approximate surface area is 150 Å². The lowest BCUT2D eigenvalue weighted by molar-refractivity contribution is 0.0202. The number of aromatic nitrogens is 1. The molecule has 0 bridgehead atoms. The topological polar surface area (TPSA) is 92.6 Å². The van der Waals surface area contributed by atoms with Crippen LogP contribution in [0.15, 0.2) is 56.6 Å². The van der Waals surface area contributed by atoms with Crippen molar-refractivity contribution in [3.63, 3.8) is 0 Å². The molecular weight excluding hydrogens is 356 g/mol. The number of fused-ring (bicyclic) bond motifs is 2. The number of H-pyrrole nitrogens is 1. The van der Waals surface area contributed by atoms with E-state index in [-0.39, 0.29) is 17.5 Å². The van der Waals surface area contributed by atoms with Gasteiger partial charge in [0.2, 0.25) is 10.0 Å². The summed E-state index contributed by atoms with van der Waals surface area (Å²) in [6, 6.07) is 12.3. The molecule has 0 aliphatic carbocycles. The molecule has 0 spiro atoms. The van der Waals surface area contributed by atoms with Crippen LogP contribution in [0.4, 0.5) is 0 Å². The number of likely N-dealkylation sites (N-methyl/N-ethyl adjacent to an activating group) is 1. The molecule has 0 fully saturated rings. The van der Waals surface area contributed by atoms with Crippen molar-refractivity contribution in [1.29, 1.82) is 0 Å². The first-order chi connectivity index (χ1) is 12.4. The van der Waals surface area contributed by atoms with Crippen molar-refractivity contribution in [1.82, 2.24) is 9.29 Å². The van der Waals surface area contributed by atoms with E-state index in [1.807, 2.05) is 24.3 Å². The Morgan fingerprint density at radius 3 is 2.77 bits per heavy atom. The fourth-order valence-electron chi connectivity index (χ4n) is 3.18. The van der Waals surface area contributed by atoms with Gasteiger partial charge in [0.25, 0.3) is 0 Å². The monoisotopic (exact) mass is 374 g/mol. The molecule has 1 unspecified atom stereocenters. The molecule has 2 aromatic carbocycles. The Morgan fingerprint density at radius 1 is 1.19 bits per heavy atom. The maximum atomic E-state index is 12.8. The minimum atomic E-state index is -3.71. The lowest BCUT2D eigenvalue weighted by atomic mass is 9.99. The van der Waals surface area contributed by atoms with E-state index >= 15 is 0 Å². The summed E-state index contributed by atoms with van der Waals surface area (Å²) < 4.78 is 37.7. The summed E-state index contributed by atoms with van der Waals surface area (Å²) in [5, 5.41) is 0. The van der Waals surface area contributed by atoms with Crippen molar-refractivity contribution in [3.05, 3.63) is 64.1 Å². The predicted octanol–water partition coefficient (Wildman–Crippen LogP) is 1.88. The summed E-state index contributed by atoms with van der Waals surface area (Å²) in [6.45, 7) is 0.730. The number of nitrogens with zero attached hydrogens (tertiary/aromatic N) is 1. The molecule has 2 heterocycles. The van der Waals surface area contributed by atoms with Crippen LogP contribution in [0, 0.1) is 0 Å². The summed E-state index contributed by atoms with van der Waals surface area (Å²) in [7, 11) is -2.18. The zero-order valence-corrected chi connectivity index (χ0v) is 15.0. The van der Waals surface area contributed by atoms with Gasteiger partial charge in [-0.25, -0.2) is 13.2 Å². The van der Waals surface area contributed by atoms with Crippen molar-refractivity contribution >= 4 is 21.1 Å². The van der Waals surface area contributed by atoms with Crippen LogP contribution in [0.2, 0.25) is 0 Å². The molecule has 4 rings (SSSR count). The third kappa shape index (κ3) is 3.07. The first-order valence-corrected chi connectivity index (χ1v) is 9.65. The number of rotatable bonds is 4. The van der Waals surface area contributed by atoms with Crippen molar-refractivity contribution in [2.24, 2.45) is 0 Å². The molecule has 0 radical (unpaired) electrons. The van der Waals surface area contributed by atoms with Crippen molar-refractivity contribution in [2.75, 3.05) is 13.6 Å². The predicted molar refractivity (Wildman–Crippen MR) is 95.4 cm³/mol. The summed E-state index contributed by atoms with van der Waals surface area (Å²) >= 11 is 0. The number of aromatic amines is 1. The van der Waals surface area contributed by atoms with Crippen LogP contribution < -0.4 is 5.76 Å². The van der Waals surface area contributed by atoms with E-state index in [0.29, 0.717) is 24.1 Å². The highest BCUT2D eigenvalue weighted by Crippen LogP contribution is 2.23. The number of benzene rings is 2. The third-order valence-corrected chi connectivity index (χ3v) is 6.42. The maximum absolute atomic E-state index is 12.8. The second kappa shape index (κ2) is 6.39. The van der Waals surface area contributed by atoms with Crippen LogP contribution in [0.3, 0.4) is 0 Å². The Balaban J connectivity index is 1.54. The highest BCUT2D eigenvalue weighted by molar-refractivity contribution is 7.89. The molecule has 1 aliphatic heterocycles. The Kier molecular flexibility index (Phi) is 4.18. The molecule has 0 saturated carbocycles. The molecule has 0 saturated heterocycles. The molecule has 3 aromatic rings. The highest BCUT2D eigenvalue weighted by atomic mass is 32.2. The van der Waals surface area contributed by atoms with Gasteiger partial charge in [-0.3, -0.25) is 4.98 Å². The normalized spacial score (nSPS) is 17.5. The van der Waals surface area contributed by atoms with Gasteiger partial charge in [-0.15, -0.1) is 0 Å². The quantitative estimate of drug-likeness (QED) is 0.753. The van der Waals surface area contributed by atoms with Gasteiger partial charge in [-0.2, -0.15) is 4.31 Å². The van der Waals surface area contributed by atoms with Crippen molar-refractivity contribution < 1.29 is 17.6 Å². The number of ether oxygens (including phenoxy) is 1. The van der Waals surface area contributed by atoms with Crippen molar-refractivity contribution in [2.45, 2.75) is 24.0 Å². The molecule has 1 aliphatic rings. The van der Waals surface area contributed by atoms with Crippen LogP contribution in [0.5, 0.6) is 0 Å². The lowest BCUT2D eigenvalue weighted by Gasteiger charge is -2.28. The molecule has 7 nitrogen and oxygen atoms in total. The van der Waals surface area contributed by atoms with E-state index in [1.54, 1.807) is 0 Å². The van der Waals surface area contributed by atoms with Gasteiger partial charge in [0.15, 0.2) is 5.58 Å². The van der Waals surface area contributed by atoms with E-state index in [0.717, 1.165) is 5.56 Å². The SMILES string of the molecule is CN(CC1Cc2ccccc2CO1)S(=O)(=O)c1ccc2oc(=O)[nH]c2c1. The van der Waals surface area contributed by atoms with Gasteiger partial charge < -0.3 is 9.15 Å². The number of sulfonamides is 1. The lowest BCUT2D eigenvalue weighted by Crippen LogP contribution is -2.38. The van der Waals surface area contributed by atoms with E-state index < -0.39 is 15.8 Å². The smallest absolute Gasteiger partial charge is 0.408 e.